The van der Waals surface area contributed by atoms with E-state index < -0.39 is 5.82 Å². The highest BCUT2D eigenvalue weighted by Crippen LogP contribution is 2.39. The molecule has 4 aromatic rings. The van der Waals surface area contributed by atoms with Crippen molar-refractivity contribution in [2.24, 2.45) is 0 Å². The molecule has 1 aromatic carbocycles. The van der Waals surface area contributed by atoms with E-state index in [-0.39, 0.29) is 30.0 Å². The van der Waals surface area contributed by atoms with Crippen LogP contribution in [0.5, 0.6) is 11.5 Å². The third-order valence-corrected chi connectivity index (χ3v) is 7.89. The largest absolute Gasteiger partial charge is 0.453 e. The van der Waals surface area contributed by atoms with Gasteiger partial charge in [0.15, 0.2) is 11.6 Å². The molecule has 212 valence electrons. The minimum absolute atomic E-state index is 0.0218. The summed E-state index contributed by atoms with van der Waals surface area (Å²) in [4.78, 5) is 35.4. The van der Waals surface area contributed by atoms with Gasteiger partial charge in [0.05, 0.1) is 46.6 Å². The highest BCUT2D eigenvalue weighted by atomic mass is 32.1. The number of pyridine rings is 2. The molecule has 41 heavy (non-hydrogen) atoms. The third kappa shape index (κ3) is 6.39. The van der Waals surface area contributed by atoms with Crippen molar-refractivity contribution in [2.45, 2.75) is 38.5 Å². The van der Waals surface area contributed by atoms with Gasteiger partial charge in [-0.15, -0.1) is 11.3 Å². The van der Waals surface area contributed by atoms with Crippen molar-refractivity contribution in [3.8, 4) is 22.1 Å². The van der Waals surface area contributed by atoms with Crippen LogP contribution in [0.25, 0.3) is 20.8 Å². The zero-order chi connectivity index (χ0) is 28.3. The molecule has 4 amide bonds. The molecule has 1 aliphatic carbocycles. The first kappa shape index (κ1) is 26.9. The van der Waals surface area contributed by atoms with Crippen LogP contribution >= 0.6 is 11.3 Å². The Hall–Kier alpha value is -4.29. The summed E-state index contributed by atoms with van der Waals surface area (Å²) in [5, 5.41) is 8.23. The minimum atomic E-state index is -0.589. The lowest BCUT2D eigenvalue weighted by molar-refractivity contribution is -0.0441. The molecule has 0 spiro atoms. The zero-order valence-electron chi connectivity index (χ0n) is 22.4. The van der Waals surface area contributed by atoms with Crippen molar-refractivity contribution >= 4 is 39.3 Å². The fraction of sp³-hybridized carbons (Fsp3) is 0.310. The maximum absolute atomic E-state index is 14.8. The molecule has 2 aliphatic rings. The lowest BCUT2D eigenvalue weighted by Crippen LogP contribution is -2.57. The maximum atomic E-state index is 14.8. The average molecular weight is 577 g/mol. The van der Waals surface area contributed by atoms with Gasteiger partial charge in [0, 0.05) is 42.8 Å². The summed E-state index contributed by atoms with van der Waals surface area (Å²) < 4.78 is 27.4. The smallest absolute Gasteiger partial charge is 0.319 e. The number of carbonyl (C=O) groups excluding carboxylic acids is 2. The van der Waals surface area contributed by atoms with Crippen LogP contribution in [0.3, 0.4) is 0 Å². The van der Waals surface area contributed by atoms with Gasteiger partial charge in [0.25, 0.3) is 0 Å². The summed E-state index contributed by atoms with van der Waals surface area (Å²) in [6.07, 6.45) is 5.36. The molecule has 12 heteroatoms. The van der Waals surface area contributed by atoms with Crippen LogP contribution in [0, 0.1) is 5.82 Å². The Morgan fingerprint density at radius 3 is 2.68 bits per heavy atom. The second-order valence-electron chi connectivity index (χ2n) is 9.98. The standard InChI is InChI=1S/C29H29FN6O4S/c1-2-31-29(38)36-14-20(15-36)39-16-17-3-7-22(33-13-17)26-12-23-27(41-26)25(9-10-32-23)40-24-8-6-19(11-21(24)30)35-28(37)34-18-4-5-18/h3,6-13,18,20H,2,4-5,14-16H2,1H3,(H,31,38)(H2,34,35,37). The summed E-state index contributed by atoms with van der Waals surface area (Å²) in [5.41, 5.74) is 2.78. The molecule has 0 bridgehead atoms. The van der Waals surface area contributed by atoms with Crippen LogP contribution in [0.2, 0.25) is 0 Å². The van der Waals surface area contributed by atoms with Crippen molar-refractivity contribution in [2.75, 3.05) is 25.0 Å². The molecule has 4 heterocycles. The number of benzene rings is 1. The van der Waals surface area contributed by atoms with E-state index in [9.17, 15) is 14.0 Å². The molecular formula is C29H29FN6O4S. The van der Waals surface area contributed by atoms with E-state index in [1.807, 2.05) is 25.1 Å². The quantitative estimate of drug-likeness (QED) is 0.242. The van der Waals surface area contributed by atoms with E-state index in [1.54, 1.807) is 29.4 Å². The molecule has 0 unspecified atom stereocenters. The van der Waals surface area contributed by atoms with Gasteiger partial charge in [-0.3, -0.25) is 9.97 Å². The molecule has 3 N–H and O–H groups in total. The average Bonchev–Trinajstić information content (AvgIpc) is 3.63. The summed E-state index contributed by atoms with van der Waals surface area (Å²) in [6.45, 7) is 4.08. The molecule has 1 saturated heterocycles. The lowest BCUT2D eigenvalue weighted by Gasteiger charge is -2.38. The second kappa shape index (κ2) is 11.7. The molecule has 1 saturated carbocycles. The fourth-order valence-electron chi connectivity index (χ4n) is 4.32. The van der Waals surface area contributed by atoms with E-state index in [0.29, 0.717) is 43.2 Å². The highest BCUT2D eigenvalue weighted by molar-refractivity contribution is 7.22. The van der Waals surface area contributed by atoms with Crippen molar-refractivity contribution in [3.05, 3.63) is 66.2 Å². The van der Waals surface area contributed by atoms with Crippen LogP contribution < -0.4 is 20.7 Å². The Kier molecular flexibility index (Phi) is 7.66. The van der Waals surface area contributed by atoms with Crippen molar-refractivity contribution < 1.29 is 23.5 Å². The Morgan fingerprint density at radius 1 is 1.10 bits per heavy atom. The molecule has 0 atom stereocenters. The molecule has 6 rings (SSSR count). The maximum Gasteiger partial charge on any atom is 0.319 e. The van der Waals surface area contributed by atoms with Crippen LogP contribution in [-0.2, 0) is 11.3 Å². The number of ether oxygens (including phenoxy) is 2. The van der Waals surface area contributed by atoms with E-state index in [1.165, 1.54) is 23.5 Å². The number of nitrogens with one attached hydrogen (secondary N) is 3. The Balaban J connectivity index is 1.08. The van der Waals surface area contributed by atoms with Crippen LogP contribution in [0.1, 0.15) is 25.3 Å². The Morgan fingerprint density at radius 2 is 1.95 bits per heavy atom. The Bertz CT molecular complexity index is 1570. The molecule has 0 radical (unpaired) electrons. The molecule has 2 fully saturated rings. The SMILES string of the molecule is CCNC(=O)N1CC(OCc2ccc(-c3cc4nccc(Oc5ccc(NC(=O)NC6CC6)cc5F)c4s3)nc2)C1. The number of aromatic nitrogens is 2. The number of rotatable bonds is 9. The molecule has 3 aromatic heterocycles. The number of fused-ring (bicyclic) bond motifs is 1. The van der Waals surface area contributed by atoms with E-state index >= 15 is 0 Å². The van der Waals surface area contributed by atoms with Crippen LogP contribution in [0.4, 0.5) is 19.7 Å². The first-order valence-corrected chi connectivity index (χ1v) is 14.3. The Labute approximate surface area is 239 Å². The summed E-state index contributed by atoms with van der Waals surface area (Å²) >= 11 is 1.46. The van der Waals surface area contributed by atoms with E-state index in [4.69, 9.17) is 9.47 Å². The number of urea groups is 2. The molecule has 1 aliphatic heterocycles. The number of amides is 4. The summed E-state index contributed by atoms with van der Waals surface area (Å²) in [5.74, 6) is -0.0672. The zero-order valence-corrected chi connectivity index (χ0v) is 23.2. The second-order valence-corrected chi connectivity index (χ2v) is 11.0. The number of thiophene rings is 1. The van der Waals surface area contributed by atoms with Gasteiger partial charge in [-0.2, -0.15) is 0 Å². The minimum Gasteiger partial charge on any atom is -0.453 e. The van der Waals surface area contributed by atoms with Gasteiger partial charge in [-0.25, -0.2) is 14.0 Å². The van der Waals surface area contributed by atoms with E-state index in [0.717, 1.165) is 33.7 Å². The van der Waals surface area contributed by atoms with Gasteiger partial charge in [0.2, 0.25) is 0 Å². The number of hydrogen-bond donors (Lipinski definition) is 3. The van der Waals surface area contributed by atoms with Gasteiger partial charge in [-0.1, -0.05) is 6.07 Å². The van der Waals surface area contributed by atoms with Crippen molar-refractivity contribution in [1.82, 2.24) is 25.5 Å². The number of anilines is 1. The predicted octanol–water partition coefficient (Wildman–Crippen LogP) is 5.50. The number of hydrogen-bond acceptors (Lipinski definition) is 7. The predicted molar refractivity (Wildman–Crippen MR) is 154 cm³/mol. The lowest BCUT2D eigenvalue weighted by atomic mass is 10.2. The highest BCUT2D eigenvalue weighted by Gasteiger charge is 2.31. The summed E-state index contributed by atoms with van der Waals surface area (Å²) in [6, 6.07) is 11.6. The van der Waals surface area contributed by atoms with Crippen LogP contribution in [0.15, 0.2) is 54.9 Å². The van der Waals surface area contributed by atoms with Crippen molar-refractivity contribution in [1.29, 1.82) is 0 Å². The normalized spacial score (nSPS) is 14.9. The van der Waals surface area contributed by atoms with Gasteiger partial charge in [-0.05, 0) is 49.6 Å². The summed E-state index contributed by atoms with van der Waals surface area (Å²) in [7, 11) is 0. The number of carbonyl (C=O) groups is 2. The first-order valence-electron chi connectivity index (χ1n) is 13.5. The number of halogens is 1. The third-order valence-electron chi connectivity index (χ3n) is 6.72. The molecule has 10 nitrogen and oxygen atoms in total. The van der Waals surface area contributed by atoms with Gasteiger partial charge in [0.1, 0.15) is 5.75 Å². The van der Waals surface area contributed by atoms with Gasteiger partial charge < -0.3 is 30.3 Å². The van der Waals surface area contributed by atoms with Gasteiger partial charge >= 0.3 is 12.1 Å². The topological polar surface area (TPSA) is 118 Å². The van der Waals surface area contributed by atoms with Crippen LogP contribution in [-0.4, -0.2) is 58.7 Å². The van der Waals surface area contributed by atoms with Crippen molar-refractivity contribution in [3.63, 3.8) is 0 Å². The number of likely N-dealkylation sites (tertiary alicyclic amines) is 1. The molecular weight excluding hydrogens is 547 g/mol. The fourth-order valence-corrected chi connectivity index (χ4v) is 5.37. The monoisotopic (exact) mass is 576 g/mol. The first-order chi connectivity index (χ1) is 19.9. The number of nitrogens with zero attached hydrogens (tertiary/aromatic N) is 3. The van der Waals surface area contributed by atoms with E-state index in [2.05, 4.69) is 25.9 Å².